The van der Waals surface area contributed by atoms with Crippen LogP contribution >= 0.6 is 22.6 Å². The zero-order chi connectivity index (χ0) is 21.5. The number of para-hydroxylation sites is 1. The highest BCUT2D eigenvalue weighted by atomic mass is 127. The molecule has 0 unspecified atom stereocenters. The molecular weight excluding hydrogens is 506 g/mol. The number of nitrogens with one attached hydrogen (secondary N) is 1. The number of halogens is 10. The Morgan fingerprint density at radius 3 is 1.74 bits per heavy atom. The van der Waals surface area contributed by atoms with Gasteiger partial charge in [-0.3, -0.25) is 4.99 Å². The molecule has 0 fully saturated rings. The molecule has 1 aromatic rings. The Balaban J connectivity index is 3.57. The van der Waals surface area contributed by atoms with Crippen molar-refractivity contribution in [1.82, 2.24) is 0 Å². The fourth-order valence-electron chi connectivity index (χ4n) is 1.73. The number of aliphatic imine (C=N–C) groups is 1. The lowest BCUT2D eigenvalue weighted by molar-refractivity contribution is -0.384. The minimum atomic E-state index is -6.99. The molecule has 0 aromatic heterocycles. The minimum absolute atomic E-state index is 0.216. The van der Waals surface area contributed by atoms with Gasteiger partial charge >= 0.3 is 23.9 Å². The molecule has 1 N–H and O–H groups in total. The zero-order valence-electron chi connectivity index (χ0n) is 14.0. The lowest BCUT2D eigenvalue weighted by atomic mass is 10.0. The topological polar surface area (TPSA) is 24.4 Å². The van der Waals surface area contributed by atoms with Crippen LogP contribution in [0.15, 0.2) is 29.3 Å². The van der Waals surface area contributed by atoms with Crippen LogP contribution in [0.1, 0.15) is 20.8 Å². The second kappa shape index (κ2) is 7.32. The average Bonchev–Trinajstić information content (AvgIpc) is 2.45. The summed E-state index contributed by atoms with van der Waals surface area (Å²) in [5, 5.41) is 1.79. The second-order valence-electron chi connectivity index (χ2n) is 6.46. The molecule has 0 bridgehead atoms. The van der Waals surface area contributed by atoms with Gasteiger partial charge in [-0.05, 0) is 55.5 Å². The van der Waals surface area contributed by atoms with Crippen molar-refractivity contribution in [2.24, 2.45) is 4.99 Å². The van der Waals surface area contributed by atoms with E-state index in [2.05, 4.69) is 4.99 Å². The van der Waals surface area contributed by atoms with Crippen molar-refractivity contribution < 1.29 is 39.5 Å². The second-order valence-corrected chi connectivity index (χ2v) is 7.62. The Kier molecular flexibility index (Phi) is 6.46. The molecule has 1 aromatic carbocycles. The van der Waals surface area contributed by atoms with Crippen LogP contribution < -0.4 is 5.32 Å². The van der Waals surface area contributed by atoms with Crippen molar-refractivity contribution in [3.63, 3.8) is 0 Å². The first-order valence-corrected chi connectivity index (χ1v) is 8.24. The quantitative estimate of drug-likeness (QED) is 0.212. The molecule has 2 nitrogen and oxygen atoms in total. The number of benzene rings is 1. The van der Waals surface area contributed by atoms with Gasteiger partial charge in [-0.15, -0.1) is 0 Å². The normalized spacial score (nSPS) is 15.1. The van der Waals surface area contributed by atoms with E-state index in [1.807, 2.05) is 0 Å². The van der Waals surface area contributed by atoms with Gasteiger partial charge in [0.25, 0.3) is 0 Å². The van der Waals surface area contributed by atoms with Gasteiger partial charge in [-0.1, -0.05) is 12.1 Å². The van der Waals surface area contributed by atoms with Gasteiger partial charge in [0.05, 0.1) is 11.2 Å². The number of hydrogen-bond donors (Lipinski definition) is 1. The summed E-state index contributed by atoms with van der Waals surface area (Å²) in [6.45, 7) is 3.54. The van der Waals surface area contributed by atoms with Crippen LogP contribution in [0, 0.1) is 3.57 Å². The number of amidine groups is 1. The smallest absolute Gasteiger partial charge is 0.338 e. The molecule has 0 saturated carbocycles. The Morgan fingerprint density at radius 1 is 0.852 bits per heavy atom. The van der Waals surface area contributed by atoms with Crippen LogP contribution in [-0.4, -0.2) is 35.3 Å². The predicted octanol–water partition coefficient (Wildman–Crippen LogP) is 6.37. The molecule has 0 spiro atoms. The van der Waals surface area contributed by atoms with E-state index in [0.29, 0.717) is 0 Å². The summed E-state index contributed by atoms with van der Waals surface area (Å²) in [5.41, 5.74) is -1.71. The molecule has 0 radical (unpaired) electrons. The van der Waals surface area contributed by atoms with E-state index >= 15 is 0 Å². The standard InChI is InChI=1S/C15H14F9IN2/c1-11(2,3)27-10(26-9-7-5-4-6-8(9)25)12(16,17)13(18,19)14(20,21)15(22,23)24/h4-7H,1-3H3,(H,26,27). The molecule has 0 aliphatic carbocycles. The summed E-state index contributed by atoms with van der Waals surface area (Å²) >= 11 is 1.63. The maximum absolute atomic E-state index is 14.3. The van der Waals surface area contributed by atoms with Crippen molar-refractivity contribution in [2.75, 3.05) is 5.32 Å². The van der Waals surface area contributed by atoms with E-state index in [1.165, 1.54) is 39.0 Å². The lowest BCUT2D eigenvalue weighted by Gasteiger charge is -2.35. The van der Waals surface area contributed by atoms with Crippen LogP contribution in [-0.2, 0) is 0 Å². The van der Waals surface area contributed by atoms with Crippen molar-refractivity contribution in [3.8, 4) is 0 Å². The van der Waals surface area contributed by atoms with Crippen LogP contribution in [0.5, 0.6) is 0 Å². The zero-order valence-corrected chi connectivity index (χ0v) is 16.2. The number of nitrogens with zero attached hydrogens (tertiary/aromatic N) is 1. The SMILES string of the molecule is CC(C)(C)N=C(Nc1ccccc1I)C(F)(F)C(F)(F)C(F)(F)C(F)(F)F. The molecule has 0 atom stereocenters. The number of hydrogen-bond acceptors (Lipinski definition) is 1. The predicted molar refractivity (Wildman–Crippen MR) is 90.9 cm³/mol. The molecule has 154 valence electrons. The van der Waals surface area contributed by atoms with Crippen molar-refractivity contribution in [3.05, 3.63) is 27.8 Å². The maximum atomic E-state index is 14.3. The molecule has 0 aliphatic heterocycles. The van der Waals surface area contributed by atoms with Gasteiger partial charge in [-0.2, -0.15) is 39.5 Å². The number of rotatable bonds is 4. The highest BCUT2D eigenvalue weighted by molar-refractivity contribution is 14.1. The Bertz CT molecular complexity index is 706. The van der Waals surface area contributed by atoms with Crippen molar-refractivity contribution in [2.45, 2.75) is 50.3 Å². The summed E-state index contributed by atoms with van der Waals surface area (Å²) in [6, 6.07) is 5.31. The maximum Gasteiger partial charge on any atom is 0.460 e. The van der Waals surface area contributed by atoms with Gasteiger partial charge < -0.3 is 5.32 Å². The first-order valence-electron chi connectivity index (χ1n) is 7.16. The van der Waals surface area contributed by atoms with Gasteiger partial charge in [0.2, 0.25) is 0 Å². The molecule has 1 rings (SSSR count). The Morgan fingerprint density at radius 2 is 1.33 bits per heavy atom. The Hall–Kier alpha value is -1.21. The summed E-state index contributed by atoms with van der Waals surface area (Å²) in [7, 11) is 0. The molecule has 0 amide bonds. The summed E-state index contributed by atoms with van der Waals surface area (Å²) in [5.74, 6) is -21.8. The molecular formula is C15H14F9IN2. The van der Waals surface area contributed by atoms with Gasteiger partial charge in [0.15, 0.2) is 5.84 Å². The minimum Gasteiger partial charge on any atom is -0.338 e. The van der Waals surface area contributed by atoms with Gasteiger partial charge in [0, 0.05) is 3.57 Å². The molecule has 0 heterocycles. The van der Waals surface area contributed by atoms with Crippen LogP contribution in [0.25, 0.3) is 0 Å². The summed E-state index contributed by atoms with van der Waals surface area (Å²) in [6.07, 6.45) is -6.89. The third-order valence-electron chi connectivity index (χ3n) is 3.02. The van der Waals surface area contributed by atoms with Crippen LogP contribution in [0.3, 0.4) is 0 Å². The van der Waals surface area contributed by atoms with E-state index in [9.17, 15) is 39.5 Å². The fourth-order valence-corrected chi connectivity index (χ4v) is 2.25. The summed E-state index contributed by atoms with van der Waals surface area (Å²) in [4.78, 5) is 3.25. The van der Waals surface area contributed by atoms with Gasteiger partial charge in [-0.25, -0.2) is 0 Å². The van der Waals surface area contributed by atoms with Crippen molar-refractivity contribution in [1.29, 1.82) is 0 Å². The highest BCUT2D eigenvalue weighted by Crippen LogP contribution is 2.53. The number of anilines is 1. The third kappa shape index (κ3) is 4.80. The first kappa shape index (κ1) is 23.8. The number of alkyl halides is 9. The van der Waals surface area contributed by atoms with Crippen LogP contribution in [0.4, 0.5) is 45.2 Å². The largest absolute Gasteiger partial charge is 0.460 e. The Labute approximate surface area is 162 Å². The van der Waals surface area contributed by atoms with E-state index in [-0.39, 0.29) is 9.26 Å². The third-order valence-corrected chi connectivity index (χ3v) is 3.96. The van der Waals surface area contributed by atoms with E-state index in [0.717, 1.165) is 6.07 Å². The van der Waals surface area contributed by atoms with E-state index in [4.69, 9.17) is 0 Å². The highest BCUT2D eigenvalue weighted by Gasteiger charge is 2.83. The van der Waals surface area contributed by atoms with E-state index < -0.39 is 35.3 Å². The van der Waals surface area contributed by atoms with Crippen molar-refractivity contribution >= 4 is 34.1 Å². The average molecular weight is 520 g/mol. The summed E-state index contributed by atoms with van der Waals surface area (Å²) < 4.78 is 120. The lowest BCUT2D eigenvalue weighted by Crippen LogP contribution is -2.64. The molecule has 27 heavy (non-hydrogen) atoms. The fraction of sp³-hybridized carbons (Fsp3) is 0.533. The molecule has 0 aliphatic rings. The van der Waals surface area contributed by atoms with Gasteiger partial charge in [0.1, 0.15) is 0 Å². The van der Waals surface area contributed by atoms with Crippen LogP contribution in [0.2, 0.25) is 0 Å². The monoisotopic (exact) mass is 520 g/mol. The molecule has 0 saturated heterocycles. The molecule has 12 heteroatoms. The first-order chi connectivity index (χ1) is 11.8. The van der Waals surface area contributed by atoms with E-state index in [1.54, 1.807) is 27.9 Å².